The summed E-state index contributed by atoms with van der Waals surface area (Å²) in [6, 6.07) is 0. The summed E-state index contributed by atoms with van der Waals surface area (Å²) in [7, 11) is 0. The van der Waals surface area contributed by atoms with E-state index < -0.39 is 23.1 Å². The molecule has 0 spiro atoms. The standard InChI is InChI=1S/C18H30O8.C10H18O4.C7H12O3/c1-5-21-15(19)7-9-17(3)23-11-13(25-17)14-12-24-18(4,26-14)10-8-16(20)22-6-2;1-9(2)11-5-7(13-9)8-6-12-10(3,4)14-8;1-3-10-7(9)5-4-6(2)8/h13-14H,5-12H2,1-4H3;7-8H,5-6H2,1-4H3;3-5H2,1-2H3/p+1. The van der Waals surface area contributed by atoms with Gasteiger partial charge in [0.25, 0.3) is 0 Å². The average Bonchev–Trinajstić information content (AvgIpc) is 3.81. The molecule has 4 saturated heterocycles. The van der Waals surface area contributed by atoms with E-state index in [0.717, 1.165) is 0 Å². The number of carbonyl (C=O) groups is 4. The van der Waals surface area contributed by atoms with Crippen LogP contribution >= 0.6 is 0 Å². The molecule has 6 unspecified atom stereocenters. The second-order valence-corrected chi connectivity index (χ2v) is 13.6. The molecule has 4 heterocycles. The van der Waals surface area contributed by atoms with Gasteiger partial charge in [-0.2, -0.15) is 0 Å². The molecule has 0 amide bonds. The lowest BCUT2D eigenvalue weighted by Crippen LogP contribution is -2.36. The highest BCUT2D eigenvalue weighted by Gasteiger charge is 2.48. The predicted molar refractivity (Wildman–Crippen MR) is 178 cm³/mol. The molecule has 0 saturated carbocycles. The van der Waals surface area contributed by atoms with Crippen molar-refractivity contribution in [2.75, 3.05) is 46.2 Å². The smallest absolute Gasteiger partial charge is 0.466 e. The monoisotopic (exact) mass is 721 g/mol. The Labute approximate surface area is 298 Å². The van der Waals surface area contributed by atoms with Crippen molar-refractivity contribution in [3.63, 3.8) is 0 Å². The van der Waals surface area contributed by atoms with Crippen LogP contribution in [0.5, 0.6) is 0 Å². The molecule has 50 heavy (non-hydrogen) atoms. The van der Waals surface area contributed by atoms with Crippen molar-refractivity contribution < 1.29 is 72.7 Å². The highest BCUT2D eigenvalue weighted by molar-refractivity contribution is 5.80. The summed E-state index contributed by atoms with van der Waals surface area (Å²) in [5.74, 6) is -3.46. The number of Topliss-reactive ketones (excluding diaryl/α,β-unsaturated/α-hetero) is 1. The Hall–Kier alpha value is -2.24. The molecule has 15 heteroatoms. The molecule has 0 aliphatic carbocycles. The number of esters is 3. The first-order valence-corrected chi connectivity index (χ1v) is 17.6. The Morgan fingerprint density at radius 2 is 0.840 bits per heavy atom. The summed E-state index contributed by atoms with van der Waals surface area (Å²) < 4.78 is 60.3. The summed E-state index contributed by atoms with van der Waals surface area (Å²) in [4.78, 5) is 44.0. The van der Waals surface area contributed by atoms with Gasteiger partial charge >= 0.3 is 19.3 Å². The number of ketones is 1. The highest BCUT2D eigenvalue weighted by atomic mass is 16.8. The van der Waals surface area contributed by atoms with Gasteiger partial charge in [-0.3, -0.25) is 14.4 Å². The van der Waals surface area contributed by atoms with Crippen molar-refractivity contribution in [2.45, 2.75) is 155 Å². The number of carbonyl (C=O) groups excluding carboxylic acids is 4. The molecule has 15 nitrogen and oxygen atoms in total. The summed E-state index contributed by atoms with van der Waals surface area (Å²) in [6.07, 6.45) is 1.21. The second kappa shape index (κ2) is 20.1. The minimum Gasteiger partial charge on any atom is -0.466 e. The summed E-state index contributed by atoms with van der Waals surface area (Å²) >= 11 is 0. The minimum absolute atomic E-state index is 0. The Bertz CT molecular complexity index is 1030. The fourth-order valence-corrected chi connectivity index (χ4v) is 5.36. The van der Waals surface area contributed by atoms with Gasteiger partial charge in [-0.25, -0.2) is 0 Å². The van der Waals surface area contributed by atoms with Crippen molar-refractivity contribution in [3.05, 3.63) is 0 Å². The predicted octanol–water partition coefficient (Wildman–Crippen LogP) is 4.26. The van der Waals surface area contributed by atoms with E-state index in [9.17, 15) is 19.2 Å². The van der Waals surface area contributed by atoms with Gasteiger partial charge < -0.3 is 56.9 Å². The van der Waals surface area contributed by atoms with Gasteiger partial charge in [-0.05, 0) is 69.2 Å². The van der Waals surface area contributed by atoms with E-state index in [1.165, 1.54) is 6.92 Å². The van der Waals surface area contributed by atoms with Gasteiger partial charge in [-0.1, -0.05) is 0 Å². The van der Waals surface area contributed by atoms with E-state index in [2.05, 4.69) is 4.74 Å². The van der Waals surface area contributed by atoms with Gasteiger partial charge in [-0.15, -0.1) is 0 Å². The van der Waals surface area contributed by atoms with Gasteiger partial charge in [0, 0.05) is 19.3 Å². The average molecular weight is 722 g/mol. The third kappa shape index (κ3) is 16.0. The molecule has 4 aliphatic heterocycles. The van der Waals surface area contributed by atoms with Crippen LogP contribution in [0, 0.1) is 0 Å². The lowest BCUT2D eigenvalue weighted by Gasteiger charge is -2.26. The topological polar surface area (TPSA) is 170 Å². The van der Waals surface area contributed by atoms with E-state index in [4.69, 9.17) is 47.4 Å². The van der Waals surface area contributed by atoms with E-state index in [1.54, 1.807) is 20.8 Å². The SMILES string of the molecule is CC1(C)OCC(C2COC(C)(C)O2)O1.CCOC(=O)CCC(C)=O.CCOC(=O)CCC1(C)OCC(C2COC(C)(CCC(=O)OCC)O2)O1.[H+]. The van der Waals surface area contributed by atoms with Crippen LogP contribution in [-0.2, 0) is 71.3 Å². The van der Waals surface area contributed by atoms with Crippen molar-refractivity contribution in [2.24, 2.45) is 0 Å². The molecule has 6 atom stereocenters. The number of rotatable bonds is 14. The van der Waals surface area contributed by atoms with E-state index >= 15 is 0 Å². The molecule has 0 N–H and O–H groups in total. The number of hydrogen-bond acceptors (Lipinski definition) is 15. The van der Waals surface area contributed by atoms with Crippen LogP contribution in [0.1, 0.15) is 109 Å². The lowest BCUT2D eigenvalue weighted by molar-refractivity contribution is -0.194. The molecule has 0 aromatic carbocycles. The van der Waals surface area contributed by atoms with Crippen molar-refractivity contribution >= 4 is 23.7 Å². The summed E-state index contributed by atoms with van der Waals surface area (Å²) in [5, 5.41) is 0. The van der Waals surface area contributed by atoms with Crippen LogP contribution in [0.4, 0.5) is 0 Å². The molecular formula is C35H61O15+. The zero-order chi connectivity index (χ0) is 37.6. The molecule has 0 aromatic rings. The summed E-state index contributed by atoms with van der Waals surface area (Å²) in [5.41, 5.74) is 0. The van der Waals surface area contributed by atoms with Crippen molar-refractivity contribution in [1.82, 2.24) is 0 Å². The maximum absolute atomic E-state index is 11.5. The van der Waals surface area contributed by atoms with E-state index in [-0.39, 0.29) is 68.8 Å². The fraction of sp³-hybridized carbons (Fsp3) is 0.886. The molecule has 290 valence electrons. The fourth-order valence-electron chi connectivity index (χ4n) is 5.36. The van der Waals surface area contributed by atoms with Crippen molar-refractivity contribution in [1.29, 1.82) is 0 Å². The lowest BCUT2D eigenvalue weighted by atomic mass is 10.1. The quantitative estimate of drug-likeness (QED) is 0.184. The van der Waals surface area contributed by atoms with Crippen LogP contribution in [-0.4, -0.2) is 118 Å². The first-order valence-electron chi connectivity index (χ1n) is 17.6. The maximum atomic E-state index is 11.5. The van der Waals surface area contributed by atoms with Crippen LogP contribution in [0.3, 0.4) is 0 Å². The first-order chi connectivity index (χ1) is 23.3. The van der Waals surface area contributed by atoms with Gasteiger partial charge in [0.2, 0.25) is 0 Å². The van der Waals surface area contributed by atoms with Gasteiger partial charge in [0.15, 0.2) is 23.1 Å². The molecule has 4 fully saturated rings. The maximum Gasteiger partial charge on any atom is 1.00 e. The molecular weight excluding hydrogens is 660 g/mol. The van der Waals surface area contributed by atoms with Crippen LogP contribution in [0.15, 0.2) is 0 Å². The Kier molecular flexibility index (Phi) is 17.7. The van der Waals surface area contributed by atoms with Crippen molar-refractivity contribution in [3.8, 4) is 0 Å². The zero-order valence-corrected chi connectivity index (χ0v) is 31.6. The Balaban J connectivity index is 0.000000435. The molecule has 0 bridgehead atoms. The first kappa shape index (κ1) is 43.9. The van der Waals surface area contributed by atoms with E-state index in [1.807, 2.05) is 41.5 Å². The third-order valence-corrected chi connectivity index (χ3v) is 7.96. The Morgan fingerprint density at radius 3 is 1.14 bits per heavy atom. The Morgan fingerprint density at radius 1 is 0.520 bits per heavy atom. The number of hydrogen-bond donors (Lipinski definition) is 0. The zero-order valence-electron chi connectivity index (χ0n) is 32.6. The van der Waals surface area contributed by atoms with Crippen LogP contribution in [0.2, 0.25) is 0 Å². The molecule has 0 aromatic heterocycles. The number of ether oxygens (including phenoxy) is 11. The van der Waals surface area contributed by atoms with E-state index in [0.29, 0.717) is 65.5 Å². The normalized spacial score (nSPS) is 30.8. The second-order valence-electron chi connectivity index (χ2n) is 13.6. The molecule has 4 aliphatic rings. The summed E-state index contributed by atoms with van der Waals surface area (Å²) in [6.45, 7) is 21.0. The van der Waals surface area contributed by atoms with Gasteiger partial charge in [0.1, 0.15) is 30.2 Å². The molecule has 0 radical (unpaired) electrons. The molecule has 4 rings (SSSR count). The van der Waals surface area contributed by atoms with Crippen LogP contribution in [0.25, 0.3) is 0 Å². The minimum atomic E-state index is -0.843. The van der Waals surface area contributed by atoms with Crippen LogP contribution < -0.4 is 0 Å². The highest BCUT2D eigenvalue weighted by Crippen LogP contribution is 2.36. The largest absolute Gasteiger partial charge is 1.00 e. The van der Waals surface area contributed by atoms with Gasteiger partial charge in [0.05, 0.1) is 65.5 Å². The third-order valence-electron chi connectivity index (χ3n) is 7.96.